The van der Waals surface area contributed by atoms with Crippen molar-refractivity contribution in [2.75, 3.05) is 5.32 Å². The Bertz CT molecular complexity index is 569. The highest BCUT2D eigenvalue weighted by Gasteiger charge is 2.50. The third-order valence-electron chi connectivity index (χ3n) is 3.36. The Morgan fingerprint density at radius 2 is 1.95 bits per heavy atom. The molecule has 19 heavy (non-hydrogen) atoms. The van der Waals surface area contributed by atoms with Crippen LogP contribution in [-0.4, -0.2) is 17.0 Å². The van der Waals surface area contributed by atoms with Crippen LogP contribution in [0.3, 0.4) is 0 Å². The zero-order valence-electron chi connectivity index (χ0n) is 10.5. The number of carbonyl (C=O) groups is 2. The summed E-state index contributed by atoms with van der Waals surface area (Å²) in [7, 11) is 0. The molecule has 0 heterocycles. The van der Waals surface area contributed by atoms with Crippen molar-refractivity contribution >= 4 is 49.4 Å². The summed E-state index contributed by atoms with van der Waals surface area (Å²) in [6, 6.07) is 3.18. The first-order valence-corrected chi connectivity index (χ1v) is 7.34. The number of carboxylic acid groups (broad SMARTS) is 1. The van der Waals surface area contributed by atoms with Crippen LogP contribution in [0.4, 0.5) is 5.69 Å². The van der Waals surface area contributed by atoms with Gasteiger partial charge in [0.25, 0.3) is 0 Å². The minimum absolute atomic E-state index is 0.00924. The average molecular weight is 391 g/mol. The molecule has 102 valence electrons. The van der Waals surface area contributed by atoms with Crippen molar-refractivity contribution < 1.29 is 14.7 Å². The molecule has 0 aliphatic heterocycles. The molecule has 0 spiro atoms. The van der Waals surface area contributed by atoms with E-state index in [2.05, 4.69) is 37.2 Å². The maximum Gasteiger partial charge on any atom is 0.337 e. The number of carboxylic acids is 1. The van der Waals surface area contributed by atoms with E-state index in [0.29, 0.717) is 14.6 Å². The summed E-state index contributed by atoms with van der Waals surface area (Å²) >= 11 is 6.52. The van der Waals surface area contributed by atoms with Gasteiger partial charge >= 0.3 is 5.97 Å². The number of carbonyl (C=O) groups excluding carboxylic acids is 1. The fraction of sp³-hybridized carbons (Fsp3) is 0.385. The summed E-state index contributed by atoms with van der Waals surface area (Å²) in [5.41, 5.74) is 0.381. The van der Waals surface area contributed by atoms with E-state index in [1.54, 1.807) is 6.07 Å². The fourth-order valence-electron chi connectivity index (χ4n) is 1.99. The lowest BCUT2D eigenvalue weighted by molar-refractivity contribution is -0.118. The molecule has 0 aromatic heterocycles. The van der Waals surface area contributed by atoms with E-state index in [-0.39, 0.29) is 22.8 Å². The number of nitrogens with one attached hydrogen (secondary N) is 1. The zero-order chi connectivity index (χ0) is 14.4. The molecule has 4 nitrogen and oxygen atoms in total. The van der Waals surface area contributed by atoms with E-state index in [1.807, 2.05) is 13.8 Å². The molecule has 2 rings (SSSR count). The Balaban J connectivity index is 2.30. The molecule has 1 aliphatic rings. The van der Waals surface area contributed by atoms with Gasteiger partial charge in [-0.15, -0.1) is 0 Å². The molecule has 1 unspecified atom stereocenters. The number of benzene rings is 1. The van der Waals surface area contributed by atoms with Crippen LogP contribution in [0.2, 0.25) is 0 Å². The highest BCUT2D eigenvalue weighted by Crippen LogP contribution is 2.52. The summed E-state index contributed by atoms with van der Waals surface area (Å²) in [6.07, 6.45) is 0.829. The van der Waals surface area contributed by atoms with Crippen molar-refractivity contribution in [2.45, 2.75) is 20.3 Å². The van der Waals surface area contributed by atoms with E-state index in [4.69, 9.17) is 0 Å². The number of anilines is 1. The second kappa shape index (κ2) is 4.90. The Morgan fingerprint density at radius 1 is 1.37 bits per heavy atom. The average Bonchev–Trinajstić information content (AvgIpc) is 2.91. The molecule has 2 N–H and O–H groups in total. The fourth-order valence-corrected chi connectivity index (χ4v) is 3.32. The normalized spacial score (nSPS) is 19.9. The Hall–Kier alpha value is -0.880. The van der Waals surface area contributed by atoms with Crippen LogP contribution in [0.25, 0.3) is 0 Å². The Kier molecular flexibility index (Phi) is 3.75. The standard InChI is InChI=1S/C13H13Br2NO3/c1-13(2)5-8(13)11(17)16-10-7(12(18)19)3-6(14)4-9(10)15/h3-4,8H,5H2,1-2H3,(H,16,17)(H,18,19). The van der Waals surface area contributed by atoms with Crippen LogP contribution < -0.4 is 5.32 Å². The monoisotopic (exact) mass is 389 g/mol. The molecule has 1 aliphatic carbocycles. The second-order valence-corrected chi connectivity index (χ2v) is 7.12. The van der Waals surface area contributed by atoms with E-state index in [1.165, 1.54) is 6.07 Å². The van der Waals surface area contributed by atoms with Crippen LogP contribution in [-0.2, 0) is 4.79 Å². The van der Waals surface area contributed by atoms with Gasteiger partial charge in [-0.2, -0.15) is 0 Å². The maximum atomic E-state index is 12.1. The number of halogens is 2. The van der Waals surface area contributed by atoms with Gasteiger partial charge in [0.15, 0.2) is 0 Å². The van der Waals surface area contributed by atoms with Crippen molar-refractivity contribution in [2.24, 2.45) is 11.3 Å². The van der Waals surface area contributed by atoms with Crippen LogP contribution in [0, 0.1) is 11.3 Å². The summed E-state index contributed by atoms with van der Waals surface area (Å²) in [6.45, 7) is 4.04. The third kappa shape index (κ3) is 3.00. The third-order valence-corrected chi connectivity index (χ3v) is 4.45. The Labute approximate surface area is 127 Å². The van der Waals surface area contributed by atoms with Gasteiger partial charge in [-0.3, -0.25) is 4.79 Å². The largest absolute Gasteiger partial charge is 0.478 e. The number of hydrogen-bond acceptors (Lipinski definition) is 2. The molecule has 6 heteroatoms. The molecule has 1 aromatic carbocycles. The van der Waals surface area contributed by atoms with Gasteiger partial charge in [0.2, 0.25) is 5.91 Å². The lowest BCUT2D eigenvalue weighted by Crippen LogP contribution is -2.19. The topological polar surface area (TPSA) is 66.4 Å². The highest BCUT2D eigenvalue weighted by molar-refractivity contribution is 9.11. The van der Waals surface area contributed by atoms with Crippen molar-refractivity contribution in [1.29, 1.82) is 0 Å². The summed E-state index contributed by atoms with van der Waals surface area (Å²) in [5.74, 6) is -1.26. The quantitative estimate of drug-likeness (QED) is 0.822. The minimum Gasteiger partial charge on any atom is -0.478 e. The van der Waals surface area contributed by atoms with Crippen molar-refractivity contribution in [3.05, 3.63) is 26.6 Å². The van der Waals surface area contributed by atoms with E-state index in [9.17, 15) is 14.7 Å². The van der Waals surface area contributed by atoms with Gasteiger partial charge in [0, 0.05) is 14.9 Å². The molecule has 1 saturated carbocycles. The van der Waals surface area contributed by atoms with E-state index >= 15 is 0 Å². The predicted molar refractivity (Wildman–Crippen MR) is 79.3 cm³/mol. The number of amides is 1. The number of rotatable bonds is 3. The van der Waals surface area contributed by atoms with Crippen molar-refractivity contribution in [3.63, 3.8) is 0 Å². The van der Waals surface area contributed by atoms with Gasteiger partial charge in [-0.25, -0.2) is 4.79 Å². The molecule has 0 radical (unpaired) electrons. The first-order valence-electron chi connectivity index (χ1n) is 5.75. The molecule has 0 saturated heterocycles. The smallest absolute Gasteiger partial charge is 0.337 e. The van der Waals surface area contributed by atoms with Crippen molar-refractivity contribution in [1.82, 2.24) is 0 Å². The van der Waals surface area contributed by atoms with Crippen LogP contribution in [0.5, 0.6) is 0 Å². The van der Waals surface area contributed by atoms with Gasteiger partial charge in [-0.05, 0) is 39.9 Å². The molecule has 1 amide bonds. The van der Waals surface area contributed by atoms with Gasteiger partial charge in [0.1, 0.15) is 0 Å². The Morgan fingerprint density at radius 3 is 2.42 bits per heavy atom. The molecular weight excluding hydrogens is 378 g/mol. The van der Waals surface area contributed by atoms with Gasteiger partial charge in [0.05, 0.1) is 11.3 Å². The van der Waals surface area contributed by atoms with Crippen LogP contribution in [0.15, 0.2) is 21.1 Å². The summed E-state index contributed by atoms with van der Waals surface area (Å²) in [4.78, 5) is 23.3. The predicted octanol–water partition coefficient (Wildman–Crippen LogP) is 3.89. The lowest BCUT2D eigenvalue weighted by atomic mass is 10.1. The molecular formula is C13H13Br2NO3. The molecule has 1 atom stereocenters. The minimum atomic E-state index is -1.08. The van der Waals surface area contributed by atoms with Crippen molar-refractivity contribution in [3.8, 4) is 0 Å². The van der Waals surface area contributed by atoms with Crippen LogP contribution >= 0.6 is 31.9 Å². The van der Waals surface area contributed by atoms with E-state index < -0.39 is 5.97 Å². The first kappa shape index (κ1) is 14.5. The molecule has 1 aromatic rings. The summed E-state index contributed by atoms with van der Waals surface area (Å²) in [5, 5.41) is 11.9. The highest BCUT2D eigenvalue weighted by atomic mass is 79.9. The molecule has 1 fully saturated rings. The van der Waals surface area contributed by atoms with E-state index in [0.717, 1.165) is 6.42 Å². The SMILES string of the molecule is CC1(C)CC1C(=O)Nc1c(Br)cc(Br)cc1C(=O)O. The van der Waals surface area contributed by atoms with Gasteiger partial charge < -0.3 is 10.4 Å². The number of aromatic carboxylic acids is 1. The number of hydrogen-bond donors (Lipinski definition) is 2. The lowest BCUT2D eigenvalue weighted by Gasteiger charge is -2.12. The summed E-state index contributed by atoms with van der Waals surface area (Å²) < 4.78 is 1.19. The van der Waals surface area contributed by atoms with Gasteiger partial charge in [-0.1, -0.05) is 29.8 Å². The van der Waals surface area contributed by atoms with Crippen LogP contribution in [0.1, 0.15) is 30.6 Å². The molecule has 0 bridgehead atoms. The second-order valence-electron chi connectivity index (χ2n) is 5.35. The first-order chi connectivity index (χ1) is 8.72. The maximum absolute atomic E-state index is 12.1. The zero-order valence-corrected chi connectivity index (χ0v) is 13.6.